The molecule has 3 aromatic rings. The van der Waals surface area contributed by atoms with Gasteiger partial charge in [-0.1, -0.05) is 45.9 Å². The molecule has 28 heavy (non-hydrogen) atoms. The van der Waals surface area contributed by atoms with Crippen molar-refractivity contribution in [2.75, 3.05) is 5.75 Å². The zero-order chi connectivity index (χ0) is 20.3. The third-order valence-corrected chi connectivity index (χ3v) is 5.44. The van der Waals surface area contributed by atoms with Crippen LogP contribution in [0.5, 0.6) is 0 Å². The number of nitrogens with one attached hydrogen (secondary N) is 1. The van der Waals surface area contributed by atoms with Crippen molar-refractivity contribution in [2.24, 2.45) is 0 Å². The van der Waals surface area contributed by atoms with Gasteiger partial charge in [0.25, 0.3) is 0 Å². The van der Waals surface area contributed by atoms with Crippen molar-refractivity contribution in [3.63, 3.8) is 0 Å². The number of hydrogen-bond acceptors (Lipinski definition) is 4. The number of halogens is 1. The van der Waals surface area contributed by atoms with Gasteiger partial charge in [0.05, 0.1) is 11.4 Å². The predicted molar refractivity (Wildman–Crippen MR) is 118 cm³/mol. The van der Waals surface area contributed by atoms with Crippen LogP contribution in [0, 0.1) is 13.8 Å². The normalized spacial score (nSPS) is 11.1. The number of carbonyl (C=O) groups excluding carboxylic acids is 1. The maximum Gasteiger partial charge on any atom is 0.230 e. The second-order valence-electron chi connectivity index (χ2n) is 7.01. The molecule has 0 spiro atoms. The average molecular weight is 459 g/mol. The molecule has 1 heterocycles. The van der Waals surface area contributed by atoms with Gasteiger partial charge in [-0.05, 0) is 63.1 Å². The standard InChI is InChI=1S/C21H23BrN4OS/c1-13(2)23-19(27)12-28-21-25-24-20(16-5-7-17(22)8-6-16)26(21)18-10-14(3)9-15(4)11-18/h5-11,13H,12H2,1-4H3,(H,23,27). The van der Waals surface area contributed by atoms with Crippen molar-refractivity contribution >= 4 is 33.6 Å². The van der Waals surface area contributed by atoms with E-state index in [-0.39, 0.29) is 11.9 Å². The summed E-state index contributed by atoms with van der Waals surface area (Å²) in [5, 5.41) is 12.4. The maximum atomic E-state index is 12.1. The lowest BCUT2D eigenvalue weighted by Crippen LogP contribution is -2.31. The fourth-order valence-electron chi connectivity index (χ4n) is 2.96. The Balaban J connectivity index is 2.02. The van der Waals surface area contributed by atoms with Crippen molar-refractivity contribution in [3.05, 3.63) is 58.1 Å². The van der Waals surface area contributed by atoms with E-state index in [1.54, 1.807) is 0 Å². The van der Waals surface area contributed by atoms with E-state index in [4.69, 9.17) is 0 Å². The molecule has 0 saturated heterocycles. The molecular formula is C21H23BrN4OS. The summed E-state index contributed by atoms with van der Waals surface area (Å²) >= 11 is 4.87. The Kier molecular flexibility index (Phi) is 6.57. The van der Waals surface area contributed by atoms with E-state index in [1.807, 2.05) is 42.7 Å². The highest BCUT2D eigenvalue weighted by molar-refractivity contribution is 9.10. The molecule has 1 aromatic heterocycles. The molecule has 0 aliphatic rings. The van der Waals surface area contributed by atoms with Crippen LogP contribution in [0.1, 0.15) is 25.0 Å². The number of carbonyl (C=O) groups is 1. The summed E-state index contributed by atoms with van der Waals surface area (Å²) < 4.78 is 3.03. The summed E-state index contributed by atoms with van der Waals surface area (Å²) in [6.45, 7) is 8.05. The Morgan fingerprint density at radius 3 is 2.36 bits per heavy atom. The fraction of sp³-hybridized carbons (Fsp3) is 0.286. The number of amides is 1. The summed E-state index contributed by atoms with van der Waals surface area (Å²) in [7, 11) is 0. The van der Waals surface area contributed by atoms with Crippen LogP contribution in [0.3, 0.4) is 0 Å². The highest BCUT2D eigenvalue weighted by Gasteiger charge is 2.18. The summed E-state index contributed by atoms with van der Waals surface area (Å²) in [5.41, 5.74) is 4.29. The van der Waals surface area contributed by atoms with Crippen LogP contribution in [0.25, 0.3) is 17.1 Å². The van der Waals surface area contributed by atoms with Crippen LogP contribution in [-0.4, -0.2) is 32.5 Å². The Labute approximate surface area is 178 Å². The SMILES string of the molecule is Cc1cc(C)cc(-n2c(SCC(=O)NC(C)C)nnc2-c2ccc(Br)cc2)c1. The lowest BCUT2D eigenvalue weighted by molar-refractivity contribution is -0.119. The van der Waals surface area contributed by atoms with Crippen molar-refractivity contribution in [1.82, 2.24) is 20.1 Å². The van der Waals surface area contributed by atoms with Crippen molar-refractivity contribution in [2.45, 2.75) is 38.9 Å². The lowest BCUT2D eigenvalue weighted by atomic mass is 10.1. The van der Waals surface area contributed by atoms with Gasteiger partial charge in [-0.15, -0.1) is 10.2 Å². The van der Waals surface area contributed by atoms with E-state index < -0.39 is 0 Å². The molecule has 0 bridgehead atoms. The largest absolute Gasteiger partial charge is 0.353 e. The lowest BCUT2D eigenvalue weighted by Gasteiger charge is -2.13. The van der Waals surface area contributed by atoms with Gasteiger partial charge < -0.3 is 5.32 Å². The first-order chi connectivity index (χ1) is 13.3. The van der Waals surface area contributed by atoms with Crippen LogP contribution >= 0.6 is 27.7 Å². The molecule has 1 N–H and O–H groups in total. The number of rotatable bonds is 6. The summed E-state index contributed by atoms with van der Waals surface area (Å²) in [6.07, 6.45) is 0. The zero-order valence-corrected chi connectivity index (χ0v) is 18.8. The minimum atomic E-state index is -0.0137. The number of hydrogen-bond donors (Lipinski definition) is 1. The summed E-state index contributed by atoms with van der Waals surface area (Å²) in [6, 6.07) is 14.4. The van der Waals surface area contributed by atoms with Gasteiger partial charge in [0.1, 0.15) is 0 Å². The van der Waals surface area contributed by atoms with Gasteiger partial charge in [-0.25, -0.2) is 0 Å². The first-order valence-electron chi connectivity index (χ1n) is 9.05. The third kappa shape index (κ3) is 5.02. The molecule has 0 saturated carbocycles. The smallest absolute Gasteiger partial charge is 0.230 e. The number of benzene rings is 2. The van der Waals surface area contributed by atoms with E-state index >= 15 is 0 Å². The molecule has 0 unspecified atom stereocenters. The Bertz CT molecular complexity index is 962. The summed E-state index contributed by atoms with van der Waals surface area (Å²) in [5.74, 6) is 1.03. The highest BCUT2D eigenvalue weighted by Crippen LogP contribution is 2.29. The molecule has 146 valence electrons. The van der Waals surface area contributed by atoms with E-state index in [0.717, 1.165) is 21.5 Å². The molecular weight excluding hydrogens is 436 g/mol. The molecule has 5 nitrogen and oxygen atoms in total. The summed E-state index contributed by atoms with van der Waals surface area (Å²) in [4.78, 5) is 12.1. The topological polar surface area (TPSA) is 59.8 Å². The zero-order valence-electron chi connectivity index (χ0n) is 16.4. The molecule has 0 radical (unpaired) electrons. The van der Waals surface area contributed by atoms with Gasteiger partial charge >= 0.3 is 0 Å². The van der Waals surface area contributed by atoms with Gasteiger partial charge in [-0.2, -0.15) is 0 Å². The molecule has 1 amide bonds. The van der Waals surface area contributed by atoms with Gasteiger partial charge in [0, 0.05) is 16.1 Å². The minimum Gasteiger partial charge on any atom is -0.353 e. The third-order valence-electron chi connectivity index (χ3n) is 3.98. The van der Waals surface area contributed by atoms with Gasteiger partial charge in [0.15, 0.2) is 11.0 Å². The molecule has 0 atom stereocenters. The maximum absolute atomic E-state index is 12.1. The molecule has 2 aromatic carbocycles. The minimum absolute atomic E-state index is 0.0137. The van der Waals surface area contributed by atoms with Crippen LogP contribution in [0.15, 0.2) is 52.1 Å². The molecule has 0 fully saturated rings. The van der Waals surface area contributed by atoms with E-state index in [0.29, 0.717) is 10.9 Å². The quantitative estimate of drug-likeness (QED) is 0.531. The van der Waals surface area contributed by atoms with Crippen LogP contribution < -0.4 is 5.32 Å². The first kappa shape index (κ1) is 20.6. The van der Waals surface area contributed by atoms with Crippen LogP contribution in [0.2, 0.25) is 0 Å². The van der Waals surface area contributed by atoms with Crippen LogP contribution in [-0.2, 0) is 4.79 Å². The highest BCUT2D eigenvalue weighted by atomic mass is 79.9. The average Bonchev–Trinajstić information content (AvgIpc) is 3.03. The van der Waals surface area contributed by atoms with Gasteiger partial charge in [0.2, 0.25) is 5.91 Å². The van der Waals surface area contributed by atoms with Gasteiger partial charge in [-0.3, -0.25) is 9.36 Å². The molecule has 7 heteroatoms. The second-order valence-corrected chi connectivity index (χ2v) is 8.86. The van der Waals surface area contributed by atoms with E-state index in [2.05, 4.69) is 63.5 Å². The fourth-order valence-corrected chi connectivity index (χ4v) is 3.98. The second kappa shape index (κ2) is 8.92. The predicted octanol–water partition coefficient (Wildman–Crippen LogP) is 4.93. The van der Waals surface area contributed by atoms with Crippen molar-refractivity contribution in [1.29, 1.82) is 0 Å². The monoisotopic (exact) mass is 458 g/mol. The molecule has 3 rings (SSSR count). The first-order valence-corrected chi connectivity index (χ1v) is 10.8. The Morgan fingerprint density at radius 1 is 1.11 bits per heavy atom. The molecule has 0 aliphatic carbocycles. The number of nitrogens with zero attached hydrogens (tertiary/aromatic N) is 3. The Morgan fingerprint density at radius 2 is 1.75 bits per heavy atom. The number of aryl methyl sites for hydroxylation is 2. The molecule has 0 aliphatic heterocycles. The van der Waals surface area contributed by atoms with Crippen molar-refractivity contribution < 1.29 is 4.79 Å². The number of aromatic nitrogens is 3. The number of thioether (sulfide) groups is 1. The van der Waals surface area contributed by atoms with Crippen LogP contribution in [0.4, 0.5) is 0 Å². The van der Waals surface area contributed by atoms with Crippen molar-refractivity contribution in [3.8, 4) is 17.1 Å². The Hall–Kier alpha value is -2.12. The van der Waals surface area contributed by atoms with E-state index in [9.17, 15) is 4.79 Å². The van der Waals surface area contributed by atoms with E-state index in [1.165, 1.54) is 22.9 Å².